The van der Waals surface area contributed by atoms with Gasteiger partial charge in [0.1, 0.15) is 4.84 Å². The van der Waals surface area contributed by atoms with Crippen molar-refractivity contribution < 1.29 is 0 Å². The van der Waals surface area contributed by atoms with Crippen LogP contribution in [-0.4, -0.2) is 4.84 Å². The van der Waals surface area contributed by atoms with Gasteiger partial charge in [-0.25, -0.2) is 0 Å². The van der Waals surface area contributed by atoms with E-state index in [1.54, 1.807) is 0 Å². The number of hydrogen-bond acceptors (Lipinski definition) is 0. The molecule has 0 fully saturated rings. The maximum absolute atomic E-state index is 5.23. The van der Waals surface area contributed by atoms with Crippen LogP contribution in [0.15, 0.2) is 0 Å². The van der Waals surface area contributed by atoms with E-state index in [0.717, 1.165) is 6.42 Å². The highest BCUT2D eigenvalue weighted by Gasteiger charge is 1.86. The summed E-state index contributed by atoms with van der Waals surface area (Å²) in [5, 5.41) is 0. The van der Waals surface area contributed by atoms with Gasteiger partial charge in [0.25, 0.3) is 0 Å². The van der Waals surface area contributed by atoms with Crippen molar-refractivity contribution in [3.63, 3.8) is 0 Å². The lowest BCUT2D eigenvalue weighted by atomic mass is 10.6. The summed E-state index contributed by atoms with van der Waals surface area (Å²) < 4.78 is 0. The molecule has 0 nitrogen and oxygen atoms in total. The molecule has 0 radical (unpaired) electrons. The molecule has 0 aliphatic carbocycles. The van der Waals surface area contributed by atoms with E-state index >= 15 is 0 Å². The van der Waals surface area contributed by atoms with Crippen LogP contribution in [-0.2, 0) is 0 Å². The van der Waals surface area contributed by atoms with Crippen LogP contribution < -0.4 is 0 Å². The van der Waals surface area contributed by atoms with E-state index in [4.69, 9.17) is 23.2 Å². The molecule has 0 heterocycles. The first-order valence-electron chi connectivity index (χ1n) is 1.55. The minimum absolute atomic E-state index is 0. The second kappa shape index (κ2) is 22.6. The molecule has 0 unspecified atom stereocenters. The Morgan fingerprint density at radius 1 is 1.00 bits per heavy atom. The summed E-state index contributed by atoms with van der Waals surface area (Å²) in [4.78, 5) is -0.171. The number of hydrogen-bond donors (Lipinski definition) is 0. The molecule has 64 valence electrons. The van der Waals surface area contributed by atoms with Crippen LogP contribution in [0, 0.1) is 0 Å². The standard InChI is InChI=1S/C3H6Cl2.4ClH/c1-2-3(4)5;;;;/h3H,2H2,1H3;4*1H. The van der Waals surface area contributed by atoms with Crippen LogP contribution in [0.1, 0.15) is 13.3 Å². The van der Waals surface area contributed by atoms with E-state index in [-0.39, 0.29) is 54.5 Å². The Morgan fingerprint density at radius 2 is 1.11 bits per heavy atom. The van der Waals surface area contributed by atoms with Gasteiger partial charge in [-0.15, -0.1) is 72.8 Å². The van der Waals surface area contributed by atoms with Crippen molar-refractivity contribution in [2.45, 2.75) is 18.2 Å². The lowest BCUT2D eigenvalue weighted by molar-refractivity contribution is 1.04. The Kier molecular flexibility index (Phi) is 77.6. The summed E-state index contributed by atoms with van der Waals surface area (Å²) in [5.41, 5.74) is 0. The predicted molar refractivity (Wildman–Crippen MR) is 54.8 cm³/mol. The lowest BCUT2D eigenvalue weighted by Crippen LogP contribution is -1.75. The average molecular weight is 259 g/mol. The van der Waals surface area contributed by atoms with Crippen molar-refractivity contribution in [3.05, 3.63) is 0 Å². The molecular formula is C3H10Cl6. The molecule has 0 aliphatic heterocycles. The van der Waals surface area contributed by atoms with E-state index in [9.17, 15) is 0 Å². The van der Waals surface area contributed by atoms with E-state index in [1.807, 2.05) is 6.92 Å². The minimum atomic E-state index is -0.171. The second-order valence-corrected chi connectivity index (χ2v) is 2.08. The predicted octanol–water partition coefficient (Wildman–Crippen LogP) is 3.89. The Morgan fingerprint density at radius 3 is 1.11 bits per heavy atom. The highest BCUT2D eigenvalue weighted by molar-refractivity contribution is 6.44. The molecule has 0 aromatic heterocycles. The highest BCUT2D eigenvalue weighted by atomic mass is 35.5. The molecule has 0 spiro atoms. The van der Waals surface area contributed by atoms with Crippen molar-refractivity contribution in [3.8, 4) is 0 Å². The molecule has 0 aromatic carbocycles. The fraction of sp³-hybridized carbons (Fsp3) is 1.00. The Labute approximate surface area is 90.7 Å². The maximum atomic E-state index is 5.23. The van der Waals surface area contributed by atoms with Gasteiger partial charge >= 0.3 is 0 Å². The van der Waals surface area contributed by atoms with E-state index < -0.39 is 0 Å². The van der Waals surface area contributed by atoms with Crippen LogP contribution >= 0.6 is 72.8 Å². The SMILES string of the molecule is CCC(Cl)Cl.Cl.Cl.Cl.Cl. The molecule has 0 saturated carbocycles. The fourth-order valence-electron chi connectivity index (χ4n) is 0. The summed E-state index contributed by atoms with van der Waals surface area (Å²) in [7, 11) is 0. The van der Waals surface area contributed by atoms with E-state index in [2.05, 4.69) is 0 Å². The summed E-state index contributed by atoms with van der Waals surface area (Å²) in [5.74, 6) is 0. The molecule has 0 amide bonds. The number of halogens is 6. The van der Waals surface area contributed by atoms with Crippen molar-refractivity contribution >= 4 is 72.8 Å². The zero-order chi connectivity index (χ0) is 4.28. The lowest BCUT2D eigenvalue weighted by Gasteiger charge is -1.84. The van der Waals surface area contributed by atoms with Crippen LogP contribution in [0.4, 0.5) is 0 Å². The second-order valence-electron chi connectivity index (χ2n) is 0.799. The van der Waals surface area contributed by atoms with Crippen LogP contribution in [0.3, 0.4) is 0 Å². The zero-order valence-electron chi connectivity index (χ0n) is 4.67. The summed E-state index contributed by atoms with van der Waals surface area (Å²) in [6, 6.07) is 0. The smallest absolute Gasteiger partial charge is 0.107 e. The van der Waals surface area contributed by atoms with Crippen molar-refractivity contribution in [2.24, 2.45) is 0 Å². The molecular weight excluding hydrogens is 249 g/mol. The third-order valence-corrected chi connectivity index (χ3v) is 0.926. The first-order chi connectivity index (χ1) is 2.27. The largest absolute Gasteiger partial charge is 0.147 e. The normalized spacial score (nSPS) is 5.33. The number of alkyl halides is 2. The monoisotopic (exact) mass is 256 g/mol. The quantitative estimate of drug-likeness (QED) is 0.626. The molecule has 0 rings (SSSR count). The molecule has 0 saturated heterocycles. The van der Waals surface area contributed by atoms with Crippen molar-refractivity contribution in [2.75, 3.05) is 0 Å². The third kappa shape index (κ3) is 41.7. The molecule has 6 heteroatoms. The van der Waals surface area contributed by atoms with Crippen LogP contribution in [0.25, 0.3) is 0 Å². The van der Waals surface area contributed by atoms with Gasteiger partial charge in [0.05, 0.1) is 0 Å². The minimum Gasteiger partial charge on any atom is -0.147 e. The Bertz CT molecular complexity index is 22.3. The summed E-state index contributed by atoms with van der Waals surface area (Å²) in [6.07, 6.45) is 0.836. The number of rotatable bonds is 1. The van der Waals surface area contributed by atoms with Crippen molar-refractivity contribution in [1.82, 2.24) is 0 Å². The fourth-order valence-corrected chi connectivity index (χ4v) is 0. The Balaban J connectivity index is -0.0000000133. The van der Waals surface area contributed by atoms with Gasteiger partial charge < -0.3 is 0 Å². The van der Waals surface area contributed by atoms with Crippen LogP contribution in [0.2, 0.25) is 0 Å². The molecule has 0 atom stereocenters. The third-order valence-electron chi connectivity index (χ3n) is 0.309. The zero-order valence-corrected chi connectivity index (χ0v) is 9.45. The maximum Gasteiger partial charge on any atom is 0.107 e. The summed E-state index contributed by atoms with van der Waals surface area (Å²) in [6.45, 7) is 1.94. The van der Waals surface area contributed by atoms with Crippen LogP contribution in [0.5, 0.6) is 0 Å². The van der Waals surface area contributed by atoms with Gasteiger partial charge in [-0.2, -0.15) is 0 Å². The van der Waals surface area contributed by atoms with Gasteiger partial charge in [0.15, 0.2) is 0 Å². The Hall–Kier alpha value is 1.74. The average Bonchev–Trinajstić information content (AvgIpc) is 1.38. The van der Waals surface area contributed by atoms with Gasteiger partial charge in [-0.1, -0.05) is 6.92 Å². The molecule has 9 heavy (non-hydrogen) atoms. The van der Waals surface area contributed by atoms with Gasteiger partial charge in [-0.3, -0.25) is 0 Å². The van der Waals surface area contributed by atoms with Crippen molar-refractivity contribution in [1.29, 1.82) is 0 Å². The molecule has 0 aromatic rings. The topological polar surface area (TPSA) is 0 Å². The first kappa shape index (κ1) is 30.9. The van der Waals surface area contributed by atoms with E-state index in [1.165, 1.54) is 0 Å². The van der Waals surface area contributed by atoms with Gasteiger partial charge in [0.2, 0.25) is 0 Å². The molecule has 0 N–H and O–H groups in total. The highest BCUT2D eigenvalue weighted by Crippen LogP contribution is 2.03. The first-order valence-corrected chi connectivity index (χ1v) is 2.42. The summed E-state index contributed by atoms with van der Waals surface area (Å²) >= 11 is 10.5. The molecule has 0 aliphatic rings. The van der Waals surface area contributed by atoms with Gasteiger partial charge in [0, 0.05) is 0 Å². The van der Waals surface area contributed by atoms with E-state index in [0.29, 0.717) is 0 Å². The molecule has 0 bridgehead atoms. The van der Waals surface area contributed by atoms with Gasteiger partial charge in [-0.05, 0) is 6.42 Å².